The fraction of sp³-hybridized carbons (Fsp3) is 0.462. The zero-order valence-electron chi connectivity index (χ0n) is 9.83. The Labute approximate surface area is 110 Å². The highest BCUT2D eigenvalue weighted by Gasteiger charge is 2.42. The summed E-state index contributed by atoms with van der Waals surface area (Å²) in [5.41, 5.74) is 3.38. The van der Waals surface area contributed by atoms with Gasteiger partial charge in [-0.3, -0.25) is 4.79 Å². The van der Waals surface area contributed by atoms with Crippen molar-refractivity contribution < 1.29 is 9.18 Å². The van der Waals surface area contributed by atoms with Crippen LogP contribution in [0.1, 0.15) is 25.7 Å². The SMILES string of the molecule is O=C1C2CCCCC2NN1c1ccc(Cl)cc1F. The number of amides is 1. The fourth-order valence-electron chi connectivity index (χ4n) is 2.83. The Hall–Kier alpha value is -1.13. The van der Waals surface area contributed by atoms with Crippen LogP contribution in [0.15, 0.2) is 18.2 Å². The summed E-state index contributed by atoms with van der Waals surface area (Å²) in [5, 5.41) is 1.69. The molecule has 2 atom stereocenters. The van der Waals surface area contributed by atoms with Crippen LogP contribution in [0.4, 0.5) is 10.1 Å². The van der Waals surface area contributed by atoms with E-state index in [1.807, 2.05) is 0 Å². The van der Waals surface area contributed by atoms with Crippen LogP contribution in [0, 0.1) is 11.7 Å². The lowest BCUT2D eigenvalue weighted by Gasteiger charge is -2.21. The number of anilines is 1. The van der Waals surface area contributed by atoms with Gasteiger partial charge < -0.3 is 0 Å². The van der Waals surface area contributed by atoms with Gasteiger partial charge in [0.1, 0.15) is 5.82 Å². The Morgan fingerprint density at radius 3 is 2.83 bits per heavy atom. The number of halogens is 2. The first kappa shape index (κ1) is 11.9. The molecule has 1 saturated carbocycles. The second kappa shape index (κ2) is 4.52. The van der Waals surface area contributed by atoms with E-state index in [2.05, 4.69) is 5.43 Å². The van der Waals surface area contributed by atoms with Gasteiger partial charge in [0, 0.05) is 11.1 Å². The molecule has 1 N–H and O–H groups in total. The maximum Gasteiger partial charge on any atom is 0.246 e. The Balaban J connectivity index is 1.91. The van der Waals surface area contributed by atoms with Crippen molar-refractivity contribution in [3.05, 3.63) is 29.0 Å². The van der Waals surface area contributed by atoms with E-state index in [0.29, 0.717) is 5.02 Å². The van der Waals surface area contributed by atoms with Gasteiger partial charge in [-0.1, -0.05) is 24.4 Å². The Bertz CT molecular complexity index is 494. The maximum absolute atomic E-state index is 13.8. The third-order valence-electron chi connectivity index (χ3n) is 3.75. The normalized spacial score (nSPS) is 27.4. The number of carbonyl (C=O) groups excluding carboxylic acids is 1. The molecule has 2 fully saturated rings. The van der Waals surface area contributed by atoms with Crippen LogP contribution >= 0.6 is 11.6 Å². The van der Waals surface area contributed by atoms with Gasteiger partial charge in [0.15, 0.2) is 0 Å². The number of rotatable bonds is 1. The highest BCUT2D eigenvalue weighted by molar-refractivity contribution is 6.30. The molecule has 18 heavy (non-hydrogen) atoms. The molecule has 2 unspecified atom stereocenters. The predicted octanol–water partition coefficient (Wildman–Crippen LogP) is 2.89. The van der Waals surface area contributed by atoms with Gasteiger partial charge in [0.25, 0.3) is 0 Å². The van der Waals surface area contributed by atoms with E-state index in [-0.39, 0.29) is 23.6 Å². The van der Waals surface area contributed by atoms with Crippen LogP contribution < -0.4 is 10.4 Å². The van der Waals surface area contributed by atoms with Crippen molar-refractivity contribution >= 4 is 23.2 Å². The molecule has 96 valence electrons. The highest BCUT2D eigenvalue weighted by atomic mass is 35.5. The minimum Gasteiger partial charge on any atom is -0.273 e. The number of fused-ring (bicyclic) bond motifs is 1. The Morgan fingerprint density at radius 2 is 2.11 bits per heavy atom. The summed E-state index contributed by atoms with van der Waals surface area (Å²) < 4.78 is 13.8. The molecule has 3 rings (SSSR count). The van der Waals surface area contributed by atoms with Gasteiger partial charge in [-0.05, 0) is 31.0 Å². The van der Waals surface area contributed by atoms with Crippen molar-refractivity contribution in [2.45, 2.75) is 31.7 Å². The van der Waals surface area contributed by atoms with E-state index in [4.69, 9.17) is 11.6 Å². The third kappa shape index (κ3) is 1.89. The monoisotopic (exact) mass is 268 g/mol. The summed E-state index contributed by atoms with van der Waals surface area (Å²) in [4.78, 5) is 12.2. The molecule has 0 radical (unpaired) electrons. The van der Waals surface area contributed by atoms with E-state index in [0.717, 1.165) is 25.7 Å². The number of hydrogen-bond acceptors (Lipinski definition) is 2. The Kier molecular flexibility index (Phi) is 2.99. The molecule has 1 saturated heterocycles. The van der Waals surface area contributed by atoms with Gasteiger partial charge in [-0.25, -0.2) is 14.8 Å². The van der Waals surface area contributed by atoms with Gasteiger partial charge in [-0.2, -0.15) is 0 Å². The van der Waals surface area contributed by atoms with Crippen LogP contribution in [0.2, 0.25) is 5.02 Å². The summed E-state index contributed by atoms with van der Waals surface area (Å²) in [7, 11) is 0. The number of nitrogens with one attached hydrogen (secondary N) is 1. The molecule has 1 aromatic rings. The van der Waals surface area contributed by atoms with E-state index < -0.39 is 5.82 Å². The topological polar surface area (TPSA) is 32.3 Å². The van der Waals surface area contributed by atoms with Crippen molar-refractivity contribution in [1.29, 1.82) is 0 Å². The average molecular weight is 269 g/mol. The number of hydrazine groups is 1. The van der Waals surface area contributed by atoms with Gasteiger partial charge in [-0.15, -0.1) is 0 Å². The number of nitrogens with zero attached hydrogens (tertiary/aromatic N) is 1. The molecule has 0 spiro atoms. The summed E-state index contributed by atoms with van der Waals surface area (Å²) in [6, 6.07) is 4.52. The lowest BCUT2D eigenvalue weighted by Crippen LogP contribution is -2.38. The van der Waals surface area contributed by atoms with Crippen LogP contribution in [-0.2, 0) is 4.79 Å². The second-order valence-electron chi connectivity index (χ2n) is 4.90. The van der Waals surface area contributed by atoms with Crippen molar-refractivity contribution in [3.8, 4) is 0 Å². The van der Waals surface area contributed by atoms with E-state index in [1.165, 1.54) is 11.1 Å². The lowest BCUT2D eigenvalue weighted by atomic mass is 9.86. The first-order valence-corrected chi connectivity index (χ1v) is 6.60. The largest absolute Gasteiger partial charge is 0.273 e. The summed E-state index contributed by atoms with van der Waals surface area (Å²) >= 11 is 5.72. The highest BCUT2D eigenvalue weighted by Crippen LogP contribution is 2.34. The first-order chi connectivity index (χ1) is 8.66. The summed E-state index contributed by atoms with van der Waals surface area (Å²) in [6.07, 6.45) is 4.06. The van der Waals surface area contributed by atoms with Gasteiger partial charge >= 0.3 is 0 Å². The van der Waals surface area contributed by atoms with Crippen LogP contribution in [0.25, 0.3) is 0 Å². The molecule has 1 heterocycles. The Morgan fingerprint density at radius 1 is 1.33 bits per heavy atom. The number of benzene rings is 1. The molecule has 5 heteroatoms. The standard InChI is InChI=1S/C13H14ClFN2O/c14-8-5-6-12(10(15)7-8)17-13(18)9-3-1-2-4-11(9)16-17/h5-7,9,11,16H,1-4H2. The smallest absolute Gasteiger partial charge is 0.246 e. The molecule has 1 aliphatic heterocycles. The molecule has 1 aromatic carbocycles. The van der Waals surface area contributed by atoms with Crippen LogP contribution in [-0.4, -0.2) is 11.9 Å². The molecule has 1 amide bonds. The van der Waals surface area contributed by atoms with Crippen LogP contribution in [0.3, 0.4) is 0 Å². The minimum absolute atomic E-state index is 0.00571. The molecule has 2 aliphatic rings. The zero-order chi connectivity index (χ0) is 12.7. The maximum atomic E-state index is 13.8. The molecular weight excluding hydrogens is 255 g/mol. The average Bonchev–Trinajstić information content (AvgIpc) is 2.68. The quantitative estimate of drug-likeness (QED) is 0.849. The van der Waals surface area contributed by atoms with Crippen molar-refractivity contribution in [2.75, 3.05) is 5.01 Å². The second-order valence-corrected chi connectivity index (χ2v) is 5.33. The van der Waals surface area contributed by atoms with Gasteiger partial charge in [0.2, 0.25) is 5.91 Å². The molecule has 0 bridgehead atoms. The van der Waals surface area contributed by atoms with Crippen molar-refractivity contribution in [1.82, 2.24) is 5.43 Å². The van der Waals surface area contributed by atoms with Gasteiger partial charge in [0.05, 0.1) is 11.6 Å². The van der Waals surface area contributed by atoms with E-state index >= 15 is 0 Å². The van der Waals surface area contributed by atoms with E-state index in [9.17, 15) is 9.18 Å². The third-order valence-corrected chi connectivity index (χ3v) is 3.98. The lowest BCUT2D eigenvalue weighted by molar-refractivity contribution is -0.121. The first-order valence-electron chi connectivity index (χ1n) is 6.22. The predicted molar refractivity (Wildman–Crippen MR) is 67.8 cm³/mol. The number of carbonyl (C=O) groups is 1. The molecule has 0 aromatic heterocycles. The van der Waals surface area contributed by atoms with Crippen LogP contribution in [0.5, 0.6) is 0 Å². The molecule has 1 aliphatic carbocycles. The van der Waals surface area contributed by atoms with E-state index in [1.54, 1.807) is 12.1 Å². The zero-order valence-corrected chi connectivity index (χ0v) is 10.6. The minimum atomic E-state index is -0.470. The van der Waals surface area contributed by atoms with Crippen molar-refractivity contribution in [2.24, 2.45) is 5.92 Å². The van der Waals surface area contributed by atoms with Crippen molar-refractivity contribution in [3.63, 3.8) is 0 Å². The summed E-state index contributed by atoms with van der Waals surface area (Å²) in [5.74, 6) is -0.503. The summed E-state index contributed by atoms with van der Waals surface area (Å²) in [6.45, 7) is 0. The molecular formula is C13H14ClFN2O. The fourth-order valence-corrected chi connectivity index (χ4v) is 2.99. The number of hydrogen-bond donors (Lipinski definition) is 1. The molecule has 3 nitrogen and oxygen atoms in total.